The lowest BCUT2D eigenvalue weighted by molar-refractivity contribution is -0.141. The van der Waals surface area contributed by atoms with Gasteiger partial charge in [-0.05, 0) is 30.9 Å². The van der Waals surface area contributed by atoms with Gasteiger partial charge in [-0.25, -0.2) is 9.97 Å². The topological polar surface area (TPSA) is 87.0 Å². The van der Waals surface area contributed by atoms with E-state index in [9.17, 15) is 18.0 Å². The largest absolute Gasteiger partial charge is 0.490 e. The summed E-state index contributed by atoms with van der Waals surface area (Å²) < 4.78 is 57.7. The number of alkyl halides is 3. The summed E-state index contributed by atoms with van der Waals surface area (Å²) in [6, 6.07) is 4.92. The Hall–Kier alpha value is -3.18. The number of anilines is 1. The van der Waals surface area contributed by atoms with Gasteiger partial charge in [-0.15, -0.1) is 0 Å². The third-order valence-corrected chi connectivity index (χ3v) is 6.12. The minimum Gasteiger partial charge on any atom is -0.490 e. The minimum absolute atomic E-state index is 0.154. The van der Waals surface area contributed by atoms with E-state index in [1.165, 1.54) is 6.07 Å². The van der Waals surface area contributed by atoms with Crippen LogP contribution in [-0.2, 0) is 22.1 Å². The molecule has 0 unspecified atom stereocenters. The lowest BCUT2D eigenvalue weighted by atomic mass is 9.90. The summed E-state index contributed by atoms with van der Waals surface area (Å²) in [5, 5.41) is 2.66. The van der Waals surface area contributed by atoms with Crippen LogP contribution in [0.2, 0.25) is 0 Å². The van der Waals surface area contributed by atoms with Gasteiger partial charge in [0.15, 0.2) is 0 Å². The second kappa shape index (κ2) is 9.12. The molecule has 186 valence electrons. The number of hydrogen-bond acceptors (Lipinski definition) is 6. The number of hydrogen-bond donors (Lipinski definition) is 1. The molecule has 1 amide bonds. The van der Waals surface area contributed by atoms with Crippen LogP contribution >= 0.6 is 0 Å². The van der Waals surface area contributed by atoms with Gasteiger partial charge in [0, 0.05) is 37.1 Å². The van der Waals surface area contributed by atoms with Crippen LogP contribution in [0.1, 0.15) is 35.2 Å². The molecule has 0 aromatic carbocycles. The average Bonchev–Trinajstić information content (AvgIpc) is 3.45. The molecule has 2 fully saturated rings. The van der Waals surface area contributed by atoms with Crippen LogP contribution in [0.4, 0.5) is 18.9 Å². The average molecular weight is 490 g/mol. The van der Waals surface area contributed by atoms with Crippen LogP contribution in [0.25, 0.3) is 5.65 Å². The predicted octanol–water partition coefficient (Wildman–Crippen LogP) is 3.99. The van der Waals surface area contributed by atoms with E-state index >= 15 is 0 Å². The van der Waals surface area contributed by atoms with Gasteiger partial charge in [0.25, 0.3) is 5.91 Å². The van der Waals surface area contributed by atoms with Crippen molar-refractivity contribution in [1.82, 2.24) is 14.4 Å². The second-order valence-electron chi connectivity index (χ2n) is 9.43. The molecule has 0 aliphatic carbocycles. The van der Waals surface area contributed by atoms with E-state index in [-0.39, 0.29) is 11.1 Å². The molecule has 5 heterocycles. The van der Waals surface area contributed by atoms with Crippen molar-refractivity contribution in [2.75, 3.05) is 38.4 Å². The fourth-order valence-electron chi connectivity index (χ4n) is 4.11. The van der Waals surface area contributed by atoms with Gasteiger partial charge in [0.05, 0.1) is 25.5 Å². The maximum absolute atomic E-state index is 13.1. The number of amides is 1. The van der Waals surface area contributed by atoms with Crippen LogP contribution in [0.15, 0.2) is 36.7 Å². The van der Waals surface area contributed by atoms with E-state index in [4.69, 9.17) is 14.2 Å². The zero-order valence-electron chi connectivity index (χ0n) is 19.1. The number of carbonyl (C=O) groups is 1. The van der Waals surface area contributed by atoms with Crippen LogP contribution in [0, 0.1) is 11.3 Å². The summed E-state index contributed by atoms with van der Waals surface area (Å²) in [6.45, 7) is 4.94. The SMILES string of the molecule is CC1(COc2cc3nc(C[C@@H]4CCOC4)cn3cc2NC(=O)c2cccc(C(F)(F)F)n2)COC1. The number of aromatic nitrogens is 3. The highest BCUT2D eigenvalue weighted by Gasteiger charge is 2.35. The van der Waals surface area contributed by atoms with E-state index in [0.29, 0.717) is 49.4 Å². The van der Waals surface area contributed by atoms with E-state index in [0.717, 1.165) is 37.3 Å². The van der Waals surface area contributed by atoms with Gasteiger partial charge in [0.1, 0.15) is 28.5 Å². The van der Waals surface area contributed by atoms with E-state index in [2.05, 4.69) is 15.3 Å². The van der Waals surface area contributed by atoms with Crippen LogP contribution in [-0.4, -0.2) is 53.3 Å². The first-order valence-electron chi connectivity index (χ1n) is 11.3. The number of halogens is 3. The molecular formula is C24H25F3N4O4. The molecule has 1 N–H and O–H groups in total. The Morgan fingerprint density at radius 1 is 1.26 bits per heavy atom. The predicted molar refractivity (Wildman–Crippen MR) is 119 cm³/mol. The van der Waals surface area contributed by atoms with E-state index in [1.54, 1.807) is 16.7 Å². The Kier molecular flexibility index (Phi) is 6.14. The maximum atomic E-state index is 13.1. The highest BCUT2D eigenvalue weighted by Crippen LogP contribution is 2.33. The molecule has 2 aliphatic rings. The molecule has 2 saturated heterocycles. The Morgan fingerprint density at radius 2 is 2.09 bits per heavy atom. The molecule has 3 aromatic rings. The van der Waals surface area contributed by atoms with Gasteiger partial charge >= 0.3 is 6.18 Å². The summed E-state index contributed by atoms with van der Waals surface area (Å²) in [7, 11) is 0. The molecule has 3 aromatic heterocycles. The summed E-state index contributed by atoms with van der Waals surface area (Å²) in [5.74, 6) is -0.00501. The lowest BCUT2D eigenvalue weighted by Crippen LogP contribution is -2.44. The molecule has 5 rings (SSSR count). The molecule has 11 heteroatoms. The fourth-order valence-corrected chi connectivity index (χ4v) is 4.11. The Balaban J connectivity index is 1.43. The molecule has 0 radical (unpaired) electrons. The number of nitrogens with one attached hydrogen (secondary N) is 1. The van der Waals surface area contributed by atoms with Gasteiger partial charge in [-0.3, -0.25) is 4.79 Å². The first-order valence-corrected chi connectivity index (χ1v) is 11.3. The quantitative estimate of drug-likeness (QED) is 0.539. The number of pyridine rings is 2. The third kappa shape index (κ3) is 5.25. The molecular weight excluding hydrogens is 465 g/mol. The Morgan fingerprint density at radius 3 is 2.77 bits per heavy atom. The third-order valence-electron chi connectivity index (χ3n) is 6.12. The molecule has 2 aliphatic heterocycles. The summed E-state index contributed by atoms with van der Waals surface area (Å²) in [5.41, 5.74) is 0.188. The minimum atomic E-state index is -4.65. The van der Waals surface area contributed by atoms with Crippen molar-refractivity contribution < 1.29 is 32.2 Å². The molecule has 0 bridgehead atoms. The van der Waals surface area contributed by atoms with Crippen molar-refractivity contribution >= 4 is 17.2 Å². The first-order chi connectivity index (χ1) is 16.7. The molecule has 0 spiro atoms. The highest BCUT2D eigenvalue weighted by atomic mass is 19.4. The number of rotatable bonds is 7. The normalized spacial score (nSPS) is 19.5. The number of nitrogens with zero attached hydrogens (tertiary/aromatic N) is 3. The summed E-state index contributed by atoms with van der Waals surface area (Å²) >= 11 is 0. The van der Waals surface area contributed by atoms with Crippen molar-refractivity contribution in [3.8, 4) is 5.75 Å². The summed E-state index contributed by atoms with van der Waals surface area (Å²) in [4.78, 5) is 21.0. The molecule has 8 nitrogen and oxygen atoms in total. The maximum Gasteiger partial charge on any atom is 0.433 e. The van der Waals surface area contributed by atoms with Crippen LogP contribution in [0.5, 0.6) is 5.75 Å². The monoisotopic (exact) mass is 490 g/mol. The smallest absolute Gasteiger partial charge is 0.433 e. The highest BCUT2D eigenvalue weighted by molar-refractivity contribution is 6.03. The van der Waals surface area contributed by atoms with Crippen molar-refractivity contribution in [2.45, 2.75) is 25.9 Å². The Labute approximate surface area is 199 Å². The summed E-state index contributed by atoms with van der Waals surface area (Å²) in [6.07, 6.45) is 0.618. The van der Waals surface area contributed by atoms with Gasteiger partial charge in [-0.1, -0.05) is 13.0 Å². The van der Waals surface area contributed by atoms with Gasteiger partial charge < -0.3 is 23.9 Å². The van der Waals surface area contributed by atoms with Gasteiger partial charge in [0.2, 0.25) is 0 Å². The first kappa shape index (κ1) is 23.6. The van der Waals surface area contributed by atoms with Crippen LogP contribution in [0.3, 0.4) is 0 Å². The zero-order chi connectivity index (χ0) is 24.6. The number of carbonyl (C=O) groups excluding carboxylic acids is 1. The van der Waals surface area contributed by atoms with Crippen LogP contribution < -0.4 is 10.1 Å². The van der Waals surface area contributed by atoms with E-state index < -0.39 is 17.8 Å². The van der Waals surface area contributed by atoms with Crippen molar-refractivity contribution in [3.63, 3.8) is 0 Å². The van der Waals surface area contributed by atoms with E-state index in [1.807, 2.05) is 13.1 Å². The van der Waals surface area contributed by atoms with Gasteiger partial charge in [-0.2, -0.15) is 13.2 Å². The number of ether oxygens (including phenoxy) is 3. The number of imidazole rings is 1. The molecule has 35 heavy (non-hydrogen) atoms. The lowest BCUT2D eigenvalue weighted by Gasteiger charge is -2.37. The molecule has 0 saturated carbocycles. The zero-order valence-corrected chi connectivity index (χ0v) is 19.1. The van der Waals surface area contributed by atoms with Crippen molar-refractivity contribution in [1.29, 1.82) is 0 Å². The van der Waals surface area contributed by atoms with Crippen molar-refractivity contribution in [2.24, 2.45) is 11.3 Å². The molecule has 1 atom stereocenters. The standard InChI is InChI=1S/C24H25F3N4O4/c1-23(12-34-13-23)14-35-19-8-21-28-16(7-15-5-6-33-11-15)9-31(21)10-18(19)30-22(32)17-3-2-4-20(29-17)24(25,26)27/h2-4,8-10,15H,5-7,11-14H2,1H3,(H,30,32)/t15-/m0/s1. The van der Waals surface area contributed by atoms with Crippen molar-refractivity contribution in [3.05, 3.63) is 53.7 Å². The Bertz CT molecular complexity index is 1230. The second-order valence-corrected chi connectivity index (χ2v) is 9.43. The fraction of sp³-hybridized carbons (Fsp3) is 0.458. The number of fused-ring (bicyclic) bond motifs is 1.